The third-order valence-corrected chi connectivity index (χ3v) is 4.34. The number of aliphatic hydroxyl groups is 1. The number of hydrogen-bond acceptors (Lipinski definition) is 3. The minimum absolute atomic E-state index is 0.280. The quantitative estimate of drug-likeness (QED) is 0.814. The number of aromatic nitrogens is 1. The van der Waals surface area contributed by atoms with Gasteiger partial charge in [-0.25, -0.2) is 0 Å². The van der Waals surface area contributed by atoms with Crippen molar-refractivity contribution in [3.8, 4) is 5.75 Å². The van der Waals surface area contributed by atoms with Gasteiger partial charge in [-0.15, -0.1) is 0 Å². The lowest BCUT2D eigenvalue weighted by atomic mass is 10.2. The molecule has 0 radical (unpaired) electrons. The number of benzene rings is 1. The second-order valence-corrected chi connectivity index (χ2v) is 6.49. The molecule has 0 spiro atoms. The molecule has 1 aromatic carbocycles. The van der Waals surface area contributed by atoms with Crippen molar-refractivity contribution in [2.45, 2.75) is 45.0 Å². The summed E-state index contributed by atoms with van der Waals surface area (Å²) in [5.41, 5.74) is 2.52. The van der Waals surface area contributed by atoms with Crippen LogP contribution in [0.4, 0.5) is 0 Å². The van der Waals surface area contributed by atoms with Gasteiger partial charge in [0.05, 0.1) is 13.2 Å². The Balaban J connectivity index is 1.71. The third kappa shape index (κ3) is 4.36. The Morgan fingerprint density at radius 1 is 1.30 bits per heavy atom. The Morgan fingerprint density at radius 3 is 2.83 bits per heavy atom. The summed E-state index contributed by atoms with van der Waals surface area (Å²) in [4.78, 5) is 2.40. The van der Waals surface area contributed by atoms with Crippen LogP contribution in [0.15, 0.2) is 42.6 Å². The van der Waals surface area contributed by atoms with Gasteiger partial charge in [0.15, 0.2) is 0 Å². The SMILES string of the molecule is COc1cccc(Cn2cccc2CN(C[C@@H](C)O)C2CC2)c1. The second-order valence-electron chi connectivity index (χ2n) is 6.49. The van der Waals surface area contributed by atoms with E-state index in [1.807, 2.05) is 19.1 Å². The summed E-state index contributed by atoms with van der Waals surface area (Å²) < 4.78 is 7.59. The van der Waals surface area contributed by atoms with Crippen molar-refractivity contribution in [3.05, 3.63) is 53.9 Å². The van der Waals surface area contributed by atoms with E-state index in [0.29, 0.717) is 6.04 Å². The molecule has 1 heterocycles. The molecular weight excluding hydrogens is 288 g/mol. The molecule has 0 unspecified atom stereocenters. The van der Waals surface area contributed by atoms with Gasteiger partial charge in [0.25, 0.3) is 0 Å². The molecule has 4 heteroatoms. The molecule has 0 aliphatic heterocycles. The van der Waals surface area contributed by atoms with Crippen LogP contribution in [-0.2, 0) is 13.1 Å². The zero-order chi connectivity index (χ0) is 16.2. The van der Waals surface area contributed by atoms with Crippen molar-refractivity contribution in [1.29, 1.82) is 0 Å². The first-order chi connectivity index (χ1) is 11.2. The number of aliphatic hydroxyl groups excluding tert-OH is 1. The van der Waals surface area contributed by atoms with Crippen LogP contribution < -0.4 is 4.74 Å². The molecule has 1 N–H and O–H groups in total. The molecule has 1 aromatic heterocycles. The van der Waals surface area contributed by atoms with Crippen molar-refractivity contribution < 1.29 is 9.84 Å². The van der Waals surface area contributed by atoms with E-state index < -0.39 is 0 Å². The first-order valence-electron chi connectivity index (χ1n) is 8.35. The Labute approximate surface area is 138 Å². The summed E-state index contributed by atoms with van der Waals surface area (Å²) in [6.45, 7) is 4.35. The summed E-state index contributed by atoms with van der Waals surface area (Å²) in [7, 11) is 1.70. The molecule has 124 valence electrons. The van der Waals surface area contributed by atoms with Gasteiger partial charge in [-0.05, 0) is 49.6 Å². The van der Waals surface area contributed by atoms with Crippen molar-refractivity contribution in [1.82, 2.24) is 9.47 Å². The van der Waals surface area contributed by atoms with Crippen LogP contribution >= 0.6 is 0 Å². The standard InChI is InChI=1S/C19H26N2O2/c1-15(22)12-21(17-8-9-17)14-18-6-4-10-20(18)13-16-5-3-7-19(11-16)23-2/h3-7,10-11,15,17,22H,8-9,12-14H2,1-2H3/t15-/m1/s1. The van der Waals surface area contributed by atoms with Crippen LogP contribution in [0, 0.1) is 0 Å². The van der Waals surface area contributed by atoms with Gasteiger partial charge in [0.2, 0.25) is 0 Å². The fourth-order valence-corrected chi connectivity index (χ4v) is 3.04. The highest BCUT2D eigenvalue weighted by Crippen LogP contribution is 2.28. The van der Waals surface area contributed by atoms with Crippen molar-refractivity contribution in [2.24, 2.45) is 0 Å². The van der Waals surface area contributed by atoms with Gasteiger partial charge in [-0.3, -0.25) is 4.90 Å². The monoisotopic (exact) mass is 314 g/mol. The largest absolute Gasteiger partial charge is 0.497 e. The normalized spacial score (nSPS) is 15.8. The predicted molar refractivity (Wildman–Crippen MR) is 91.6 cm³/mol. The molecule has 4 nitrogen and oxygen atoms in total. The highest BCUT2D eigenvalue weighted by molar-refractivity contribution is 5.29. The fourth-order valence-electron chi connectivity index (χ4n) is 3.04. The lowest BCUT2D eigenvalue weighted by molar-refractivity contribution is 0.116. The Hall–Kier alpha value is -1.78. The maximum atomic E-state index is 9.73. The first-order valence-corrected chi connectivity index (χ1v) is 8.35. The minimum atomic E-state index is -0.280. The van der Waals surface area contributed by atoms with Crippen molar-refractivity contribution in [2.75, 3.05) is 13.7 Å². The van der Waals surface area contributed by atoms with E-state index in [2.05, 4.69) is 39.9 Å². The first kappa shape index (κ1) is 16.1. The van der Waals surface area contributed by atoms with Gasteiger partial charge in [0, 0.05) is 37.6 Å². The Bertz CT molecular complexity index is 632. The highest BCUT2D eigenvalue weighted by Gasteiger charge is 2.30. The van der Waals surface area contributed by atoms with E-state index in [1.54, 1.807) is 7.11 Å². The van der Waals surface area contributed by atoms with Gasteiger partial charge in [-0.1, -0.05) is 12.1 Å². The van der Waals surface area contributed by atoms with Crippen LogP contribution in [0.5, 0.6) is 5.75 Å². The number of ether oxygens (including phenoxy) is 1. The third-order valence-electron chi connectivity index (χ3n) is 4.34. The average Bonchev–Trinajstić information content (AvgIpc) is 3.30. The van der Waals surface area contributed by atoms with E-state index in [9.17, 15) is 5.11 Å². The summed E-state index contributed by atoms with van der Waals surface area (Å²) >= 11 is 0. The van der Waals surface area contributed by atoms with Crippen molar-refractivity contribution >= 4 is 0 Å². The molecule has 23 heavy (non-hydrogen) atoms. The topological polar surface area (TPSA) is 37.6 Å². The van der Waals surface area contributed by atoms with Gasteiger partial charge in [0.1, 0.15) is 5.75 Å². The van der Waals surface area contributed by atoms with E-state index in [0.717, 1.165) is 25.4 Å². The smallest absolute Gasteiger partial charge is 0.119 e. The number of rotatable bonds is 8. The summed E-state index contributed by atoms with van der Waals surface area (Å²) in [6, 6.07) is 13.1. The number of methoxy groups -OCH3 is 1. The van der Waals surface area contributed by atoms with Gasteiger partial charge < -0.3 is 14.4 Å². The molecule has 1 saturated carbocycles. The molecule has 1 atom stereocenters. The van der Waals surface area contributed by atoms with Crippen LogP contribution in [0.1, 0.15) is 31.0 Å². The summed E-state index contributed by atoms with van der Waals surface area (Å²) in [5.74, 6) is 0.893. The molecule has 1 aliphatic carbocycles. The molecule has 1 fully saturated rings. The highest BCUT2D eigenvalue weighted by atomic mass is 16.5. The minimum Gasteiger partial charge on any atom is -0.497 e. The molecular formula is C19H26N2O2. The second kappa shape index (κ2) is 7.20. The molecule has 0 saturated heterocycles. The summed E-state index contributed by atoms with van der Waals surface area (Å²) in [5, 5.41) is 9.73. The van der Waals surface area contributed by atoms with E-state index >= 15 is 0 Å². The van der Waals surface area contributed by atoms with Crippen molar-refractivity contribution in [3.63, 3.8) is 0 Å². The maximum Gasteiger partial charge on any atom is 0.119 e. The molecule has 2 aromatic rings. The van der Waals surface area contributed by atoms with E-state index in [4.69, 9.17) is 4.74 Å². The van der Waals surface area contributed by atoms with Crippen LogP contribution in [-0.4, -0.2) is 40.4 Å². The zero-order valence-electron chi connectivity index (χ0n) is 14.0. The Morgan fingerprint density at radius 2 is 2.13 bits per heavy atom. The summed E-state index contributed by atoms with van der Waals surface area (Å²) in [6.07, 6.45) is 4.35. The predicted octanol–water partition coefficient (Wildman–Crippen LogP) is 2.89. The molecule has 0 amide bonds. The number of nitrogens with zero attached hydrogens (tertiary/aromatic N) is 2. The lowest BCUT2D eigenvalue weighted by Crippen LogP contribution is -2.33. The zero-order valence-corrected chi connectivity index (χ0v) is 14.0. The molecule has 3 rings (SSSR count). The van der Waals surface area contributed by atoms with E-state index in [-0.39, 0.29) is 6.10 Å². The lowest BCUT2D eigenvalue weighted by Gasteiger charge is -2.24. The average molecular weight is 314 g/mol. The molecule has 1 aliphatic rings. The molecule has 0 bridgehead atoms. The van der Waals surface area contributed by atoms with Crippen LogP contribution in [0.25, 0.3) is 0 Å². The van der Waals surface area contributed by atoms with E-state index in [1.165, 1.54) is 24.1 Å². The van der Waals surface area contributed by atoms with Crippen LogP contribution in [0.2, 0.25) is 0 Å². The van der Waals surface area contributed by atoms with Gasteiger partial charge in [-0.2, -0.15) is 0 Å². The number of hydrogen-bond donors (Lipinski definition) is 1. The van der Waals surface area contributed by atoms with Gasteiger partial charge >= 0.3 is 0 Å². The maximum absolute atomic E-state index is 9.73. The fraction of sp³-hybridized carbons (Fsp3) is 0.474. The van der Waals surface area contributed by atoms with Crippen LogP contribution in [0.3, 0.4) is 0 Å². The Kier molecular flexibility index (Phi) is 5.03.